The third kappa shape index (κ3) is 2.70. The van der Waals surface area contributed by atoms with Crippen LogP contribution in [-0.2, 0) is 4.79 Å². The van der Waals surface area contributed by atoms with Crippen LogP contribution in [0, 0.1) is 31.6 Å². The van der Waals surface area contributed by atoms with Crippen molar-refractivity contribution in [3.05, 3.63) is 16.8 Å². The number of amides is 1. The Kier molecular flexibility index (Phi) is 3.75. The number of carbonyl (C=O) groups is 1. The number of aromatic nitrogens is 2. The van der Waals surface area contributed by atoms with Crippen molar-refractivity contribution in [1.29, 1.82) is 0 Å². The van der Waals surface area contributed by atoms with Gasteiger partial charge in [0.1, 0.15) is 17.0 Å². The summed E-state index contributed by atoms with van der Waals surface area (Å²) in [4.78, 5) is 23.7. The summed E-state index contributed by atoms with van der Waals surface area (Å²) in [6, 6.07) is 0. The minimum atomic E-state index is 0.0728. The van der Waals surface area contributed by atoms with Crippen molar-refractivity contribution in [3.8, 4) is 0 Å². The highest BCUT2D eigenvalue weighted by atomic mass is 32.1. The Morgan fingerprint density at radius 3 is 2.46 bits per heavy atom. The Hall–Kier alpha value is -1.69. The molecule has 1 amide bonds. The fraction of sp³-hybridized carbons (Fsp3) is 0.650. The molecular formula is C20H26N4OS. The molecule has 0 unspecified atom stereocenters. The van der Waals surface area contributed by atoms with Crippen molar-refractivity contribution >= 4 is 33.3 Å². The Balaban J connectivity index is 1.29. The molecule has 138 valence electrons. The standard InChI is InChI=1S/C20H26N4OS/c1-11-12(2)26-19-17(11)18(22-10-23-19)21-9-16(25)24-20-6-13-3-14(7-20)5-15(4-13)8-20/h10,13-15H,3-9H2,1-2H3,(H,24,25)(H,21,22,23). The molecule has 2 heterocycles. The smallest absolute Gasteiger partial charge is 0.239 e. The van der Waals surface area contributed by atoms with Crippen LogP contribution in [0.25, 0.3) is 10.2 Å². The van der Waals surface area contributed by atoms with E-state index >= 15 is 0 Å². The summed E-state index contributed by atoms with van der Waals surface area (Å²) in [7, 11) is 0. The molecule has 6 heteroatoms. The molecule has 0 atom stereocenters. The lowest BCUT2D eigenvalue weighted by Crippen LogP contribution is -2.60. The first-order chi connectivity index (χ1) is 12.5. The molecule has 0 radical (unpaired) electrons. The molecular weight excluding hydrogens is 344 g/mol. The van der Waals surface area contributed by atoms with Crippen LogP contribution in [0.1, 0.15) is 49.0 Å². The summed E-state index contributed by atoms with van der Waals surface area (Å²) in [5.74, 6) is 3.40. The largest absolute Gasteiger partial charge is 0.360 e. The number of fused-ring (bicyclic) bond motifs is 1. The summed E-state index contributed by atoms with van der Waals surface area (Å²) in [6.45, 7) is 4.48. The Bertz CT molecular complexity index is 839. The van der Waals surface area contributed by atoms with E-state index in [-0.39, 0.29) is 18.0 Å². The summed E-state index contributed by atoms with van der Waals surface area (Å²) in [5, 5.41) is 7.74. The van der Waals surface area contributed by atoms with Gasteiger partial charge in [0.15, 0.2) is 0 Å². The lowest BCUT2D eigenvalue weighted by Gasteiger charge is -2.56. The number of hydrogen-bond acceptors (Lipinski definition) is 5. The Morgan fingerprint density at radius 2 is 1.81 bits per heavy atom. The van der Waals surface area contributed by atoms with Gasteiger partial charge in [-0.2, -0.15) is 0 Å². The van der Waals surface area contributed by atoms with Gasteiger partial charge in [-0.15, -0.1) is 11.3 Å². The first-order valence-corrected chi connectivity index (χ1v) is 10.6. The van der Waals surface area contributed by atoms with Gasteiger partial charge >= 0.3 is 0 Å². The lowest BCUT2D eigenvalue weighted by molar-refractivity contribution is -0.125. The molecule has 2 aromatic heterocycles. The third-order valence-electron chi connectivity index (χ3n) is 6.82. The van der Waals surface area contributed by atoms with Crippen molar-refractivity contribution < 1.29 is 4.79 Å². The minimum absolute atomic E-state index is 0.0728. The quantitative estimate of drug-likeness (QED) is 0.859. The maximum Gasteiger partial charge on any atom is 0.239 e. The van der Waals surface area contributed by atoms with Crippen LogP contribution in [0.3, 0.4) is 0 Å². The second kappa shape index (κ2) is 5.91. The molecule has 0 aliphatic heterocycles. The fourth-order valence-electron chi connectivity index (χ4n) is 6.08. The van der Waals surface area contributed by atoms with Crippen LogP contribution in [-0.4, -0.2) is 28.0 Å². The van der Waals surface area contributed by atoms with Crippen molar-refractivity contribution in [1.82, 2.24) is 15.3 Å². The van der Waals surface area contributed by atoms with Crippen LogP contribution in [0.5, 0.6) is 0 Å². The molecule has 0 spiro atoms. The normalized spacial score (nSPS) is 32.2. The second-order valence-corrected chi connectivity index (χ2v) is 9.99. The fourth-order valence-corrected chi connectivity index (χ4v) is 7.08. The molecule has 4 aliphatic carbocycles. The van der Waals surface area contributed by atoms with Gasteiger partial charge in [-0.05, 0) is 75.7 Å². The van der Waals surface area contributed by atoms with Gasteiger partial charge in [0.25, 0.3) is 0 Å². The van der Waals surface area contributed by atoms with Crippen molar-refractivity contribution in [2.75, 3.05) is 11.9 Å². The molecule has 4 saturated carbocycles. The lowest BCUT2D eigenvalue weighted by atomic mass is 9.53. The van der Waals surface area contributed by atoms with Gasteiger partial charge in [-0.3, -0.25) is 4.79 Å². The number of thiophene rings is 1. The van der Waals surface area contributed by atoms with Gasteiger partial charge in [0.05, 0.1) is 11.9 Å². The average Bonchev–Trinajstić information content (AvgIpc) is 2.86. The predicted molar refractivity (Wildman–Crippen MR) is 104 cm³/mol. The molecule has 4 aliphatic rings. The molecule has 2 aromatic rings. The zero-order valence-electron chi connectivity index (χ0n) is 15.5. The van der Waals surface area contributed by atoms with E-state index in [2.05, 4.69) is 34.4 Å². The predicted octanol–water partition coefficient (Wildman–Crippen LogP) is 3.81. The van der Waals surface area contributed by atoms with Crippen LogP contribution >= 0.6 is 11.3 Å². The van der Waals surface area contributed by atoms with E-state index in [9.17, 15) is 4.79 Å². The van der Waals surface area contributed by atoms with Crippen LogP contribution in [0.15, 0.2) is 6.33 Å². The highest BCUT2D eigenvalue weighted by Crippen LogP contribution is 2.55. The number of anilines is 1. The highest BCUT2D eigenvalue weighted by Gasteiger charge is 2.51. The molecule has 26 heavy (non-hydrogen) atoms. The van der Waals surface area contributed by atoms with Crippen molar-refractivity contribution in [2.24, 2.45) is 17.8 Å². The van der Waals surface area contributed by atoms with E-state index in [1.807, 2.05) is 0 Å². The number of nitrogens with zero attached hydrogens (tertiary/aromatic N) is 2. The minimum Gasteiger partial charge on any atom is -0.360 e. The van der Waals surface area contributed by atoms with E-state index in [1.165, 1.54) is 49.0 Å². The van der Waals surface area contributed by atoms with Gasteiger partial charge in [-0.1, -0.05) is 0 Å². The molecule has 0 saturated heterocycles. The number of rotatable bonds is 4. The molecule has 4 fully saturated rings. The second-order valence-electron chi connectivity index (χ2n) is 8.79. The Labute approximate surface area is 158 Å². The first-order valence-electron chi connectivity index (χ1n) is 9.77. The van der Waals surface area contributed by atoms with E-state index in [4.69, 9.17) is 0 Å². The number of nitrogens with one attached hydrogen (secondary N) is 2. The Morgan fingerprint density at radius 1 is 1.15 bits per heavy atom. The van der Waals surface area contributed by atoms with Crippen LogP contribution in [0.2, 0.25) is 0 Å². The first kappa shape index (κ1) is 16.5. The summed E-state index contributed by atoms with van der Waals surface area (Å²) < 4.78 is 0. The monoisotopic (exact) mass is 370 g/mol. The van der Waals surface area contributed by atoms with Gasteiger partial charge in [-0.25, -0.2) is 9.97 Å². The maximum absolute atomic E-state index is 12.7. The van der Waals surface area contributed by atoms with E-state index in [0.29, 0.717) is 0 Å². The van der Waals surface area contributed by atoms with Crippen LogP contribution < -0.4 is 10.6 Å². The third-order valence-corrected chi connectivity index (χ3v) is 7.94. The van der Waals surface area contributed by atoms with E-state index < -0.39 is 0 Å². The van der Waals surface area contributed by atoms with E-state index in [0.717, 1.165) is 33.8 Å². The summed E-state index contributed by atoms with van der Waals surface area (Å²) >= 11 is 1.68. The van der Waals surface area contributed by atoms with Crippen LogP contribution in [0.4, 0.5) is 5.82 Å². The molecule has 6 rings (SSSR count). The molecule has 5 nitrogen and oxygen atoms in total. The number of aryl methyl sites for hydroxylation is 2. The van der Waals surface area contributed by atoms with Gasteiger partial charge in [0.2, 0.25) is 5.91 Å². The van der Waals surface area contributed by atoms with Gasteiger partial charge in [0, 0.05) is 10.4 Å². The summed E-state index contributed by atoms with van der Waals surface area (Å²) in [5.41, 5.74) is 1.28. The SMILES string of the molecule is Cc1sc2ncnc(NCC(=O)NC34CC5CC(CC(C5)C3)C4)c2c1C. The summed E-state index contributed by atoms with van der Waals surface area (Å²) in [6.07, 6.45) is 9.31. The number of carbonyl (C=O) groups excluding carboxylic acids is 1. The number of hydrogen-bond donors (Lipinski definition) is 2. The molecule has 4 bridgehead atoms. The van der Waals surface area contributed by atoms with Crippen molar-refractivity contribution in [2.45, 2.75) is 57.9 Å². The highest BCUT2D eigenvalue weighted by molar-refractivity contribution is 7.18. The zero-order valence-corrected chi connectivity index (χ0v) is 16.3. The maximum atomic E-state index is 12.7. The zero-order chi connectivity index (χ0) is 17.9. The molecule has 2 N–H and O–H groups in total. The topological polar surface area (TPSA) is 66.9 Å². The molecule has 0 aromatic carbocycles. The van der Waals surface area contributed by atoms with E-state index in [1.54, 1.807) is 17.7 Å². The van der Waals surface area contributed by atoms with Gasteiger partial charge < -0.3 is 10.6 Å². The van der Waals surface area contributed by atoms with Crippen molar-refractivity contribution in [3.63, 3.8) is 0 Å². The average molecular weight is 371 g/mol.